The molecule has 1 aromatic carbocycles. The molecule has 1 heterocycles. The van der Waals surface area contributed by atoms with Crippen molar-refractivity contribution in [2.24, 2.45) is 0 Å². The zero-order valence-electron chi connectivity index (χ0n) is 12.0. The third-order valence-electron chi connectivity index (χ3n) is 2.92. The van der Waals surface area contributed by atoms with E-state index in [1.54, 1.807) is 18.8 Å². The lowest BCUT2D eigenvalue weighted by Crippen LogP contribution is -2.36. The molecule has 0 aliphatic carbocycles. The summed E-state index contributed by atoms with van der Waals surface area (Å²) in [6.45, 7) is 2.26. The van der Waals surface area contributed by atoms with E-state index in [0.29, 0.717) is 18.2 Å². The van der Waals surface area contributed by atoms with Gasteiger partial charge in [0.1, 0.15) is 5.82 Å². The quantitative estimate of drug-likeness (QED) is 0.758. The molecule has 1 atom stereocenters. The monoisotopic (exact) mass is 292 g/mol. The molecule has 3 N–H and O–H groups in total. The summed E-state index contributed by atoms with van der Waals surface area (Å²) >= 11 is 1.62. The number of rotatable bonds is 6. The second kappa shape index (κ2) is 6.28. The number of anilines is 2. The Balaban J connectivity index is 2.28. The molecule has 2 aromatic rings. The second-order valence-corrected chi connectivity index (χ2v) is 5.81. The molecule has 0 aliphatic rings. The molecule has 0 aliphatic heterocycles. The molecule has 0 amide bonds. The maximum absolute atomic E-state index is 10.2. The molecule has 20 heavy (non-hydrogen) atoms. The van der Waals surface area contributed by atoms with E-state index in [1.165, 1.54) is 0 Å². The first kappa shape index (κ1) is 14.9. The van der Waals surface area contributed by atoms with Crippen LogP contribution < -0.4 is 10.6 Å². The highest BCUT2D eigenvalue weighted by Crippen LogP contribution is 2.22. The summed E-state index contributed by atoms with van der Waals surface area (Å²) in [5.41, 5.74) is 0.101. The Kier molecular flexibility index (Phi) is 4.67. The van der Waals surface area contributed by atoms with Gasteiger partial charge in [0, 0.05) is 24.7 Å². The Morgan fingerprint density at radius 2 is 2.05 bits per heavy atom. The van der Waals surface area contributed by atoms with Gasteiger partial charge in [-0.1, -0.05) is 12.1 Å². The van der Waals surface area contributed by atoms with Gasteiger partial charge in [0.2, 0.25) is 5.95 Å². The maximum Gasteiger partial charge on any atom is 0.224 e. The van der Waals surface area contributed by atoms with Gasteiger partial charge in [-0.15, -0.1) is 0 Å². The molecule has 0 fully saturated rings. The number of fused-ring (bicyclic) bond motifs is 1. The molecule has 0 saturated carbocycles. The molecule has 1 aromatic heterocycles. The van der Waals surface area contributed by atoms with Crippen LogP contribution in [0.5, 0.6) is 0 Å². The van der Waals surface area contributed by atoms with Gasteiger partial charge in [-0.2, -0.15) is 16.7 Å². The lowest BCUT2D eigenvalue weighted by molar-refractivity contribution is 0.0996. The van der Waals surface area contributed by atoms with E-state index < -0.39 is 5.60 Å². The van der Waals surface area contributed by atoms with Crippen LogP contribution in [-0.2, 0) is 0 Å². The van der Waals surface area contributed by atoms with E-state index in [-0.39, 0.29) is 0 Å². The molecular weight excluding hydrogens is 272 g/mol. The van der Waals surface area contributed by atoms with Crippen molar-refractivity contribution < 1.29 is 5.11 Å². The van der Waals surface area contributed by atoms with Crippen molar-refractivity contribution in [3.8, 4) is 0 Å². The highest BCUT2D eigenvalue weighted by molar-refractivity contribution is 7.98. The third-order valence-corrected chi connectivity index (χ3v) is 3.83. The molecule has 1 unspecified atom stereocenters. The van der Waals surface area contributed by atoms with Crippen molar-refractivity contribution in [2.45, 2.75) is 12.5 Å². The number of thioether (sulfide) groups is 1. The fraction of sp³-hybridized carbons (Fsp3) is 0.429. The average Bonchev–Trinajstić information content (AvgIpc) is 2.44. The number of benzene rings is 1. The van der Waals surface area contributed by atoms with Gasteiger partial charge in [-0.05, 0) is 25.3 Å². The van der Waals surface area contributed by atoms with Gasteiger partial charge in [0.15, 0.2) is 0 Å². The van der Waals surface area contributed by atoms with Crippen LogP contribution in [0, 0.1) is 0 Å². The standard InChI is InChI=1S/C14H20N4OS/c1-14(19,9-20-3)8-16-12-10-6-4-5-7-11(10)17-13(15-2)18-12/h4-7,19H,8-9H2,1-3H3,(H2,15,16,17,18). The van der Waals surface area contributed by atoms with Gasteiger partial charge in [0.25, 0.3) is 0 Å². The summed E-state index contributed by atoms with van der Waals surface area (Å²) in [6.07, 6.45) is 1.98. The molecule has 6 heteroatoms. The zero-order valence-corrected chi connectivity index (χ0v) is 12.8. The summed E-state index contributed by atoms with van der Waals surface area (Å²) in [6, 6.07) is 7.82. The Morgan fingerprint density at radius 3 is 2.75 bits per heavy atom. The van der Waals surface area contributed by atoms with Crippen molar-refractivity contribution >= 4 is 34.4 Å². The summed E-state index contributed by atoms with van der Waals surface area (Å²) in [4.78, 5) is 8.84. The van der Waals surface area contributed by atoms with Crippen molar-refractivity contribution in [3.63, 3.8) is 0 Å². The molecule has 0 saturated heterocycles. The highest BCUT2D eigenvalue weighted by Gasteiger charge is 2.20. The minimum absolute atomic E-state index is 0.442. The molecule has 5 nitrogen and oxygen atoms in total. The molecule has 0 radical (unpaired) electrons. The Bertz CT molecular complexity index is 588. The van der Waals surface area contributed by atoms with E-state index in [4.69, 9.17) is 0 Å². The van der Waals surface area contributed by atoms with Crippen molar-refractivity contribution in [3.05, 3.63) is 24.3 Å². The first-order valence-electron chi connectivity index (χ1n) is 6.45. The first-order valence-corrected chi connectivity index (χ1v) is 7.85. The Labute approximate surface area is 123 Å². The highest BCUT2D eigenvalue weighted by atomic mass is 32.2. The predicted molar refractivity (Wildman–Crippen MR) is 86.6 cm³/mol. The van der Waals surface area contributed by atoms with Crippen molar-refractivity contribution in [1.29, 1.82) is 0 Å². The van der Waals surface area contributed by atoms with Gasteiger partial charge in [0.05, 0.1) is 11.1 Å². The summed E-state index contributed by atoms with van der Waals surface area (Å²) in [5, 5.41) is 17.4. The molecule has 108 valence electrons. The number of hydrogen-bond donors (Lipinski definition) is 3. The maximum atomic E-state index is 10.2. The van der Waals surface area contributed by atoms with E-state index in [1.807, 2.05) is 37.4 Å². The van der Waals surface area contributed by atoms with Crippen LogP contribution in [0.1, 0.15) is 6.92 Å². The minimum atomic E-state index is -0.773. The average molecular weight is 292 g/mol. The van der Waals surface area contributed by atoms with Gasteiger partial charge >= 0.3 is 0 Å². The lowest BCUT2D eigenvalue weighted by atomic mass is 10.1. The summed E-state index contributed by atoms with van der Waals surface area (Å²) < 4.78 is 0. The van der Waals surface area contributed by atoms with Crippen molar-refractivity contribution in [1.82, 2.24) is 9.97 Å². The van der Waals surface area contributed by atoms with Gasteiger partial charge in [-0.3, -0.25) is 0 Å². The molecular formula is C14H20N4OS. The number of hydrogen-bond acceptors (Lipinski definition) is 6. The Morgan fingerprint density at radius 1 is 1.30 bits per heavy atom. The number of aromatic nitrogens is 2. The van der Waals surface area contributed by atoms with Crippen LogP contribution >= 0.6 is 11.8 Å². The number of nitrogens with zero attached hydrogens (tertiary/aromatic N) is 2. The summed E-state index contributed by atoms with van der Waals surface area (Å²) in [5.74, 6) is 1.97. The van der Waals surface area contributed by atoms with E-state index >= 15 is 0 Å². The predicted octanol–water partition coefficient (Wildman–Crippen LogP) is 2.20. The third kappa shape index (κ3) is 3.52. The zero-order chi connectivity index (χ0) is 14.6. The van der Waals surface area contributed by atoms with Crippen LogP contribution in [-0.4, -0.2) is 46.3 Å². The normalized spacial score (nSPS) is 14.0. The smallest absolute Gasteiger partial charge is 0.224 e. The van der Waals surface area contributed by atoms with E-state index in [9.17, 15) is 5.11 Å². The molecule has 0 spiro atoms. The SMILES string of the molecule is CNc1nc(NCC(C)(O)CSC)c2ccccc2n1. The number of para-hydroxylation sites is 1. The second-order valence-electron chi connectivity index (χ2n) is 4.95. The molecule has 0 bridgehead atoms. The van der Waals surface area contributed by atoms with Gasteiger partial charge in [-0.25, -0.2) is 4.98 Å². The van der Waals surface area contributed by atoms with E-state index in [0.717, 1.165) is 16.7 Å². The number of nitrogens with one attached hydrogen (secondary N) is 2. The fourth-order valence-electron chi connectivity index (χ4n) is 1.96. The van der Waals surface area contributed by atoms with Crippen LogP contribution in [0.4, 0.5) is 11.8 Å². The van der Waals surface area contributed by atoms with Crippen LogP contribution in [0.25, 0.3) is 10.9 Å². The largest absolute Gasteiger partial charge is 0.387 e. The number of aliphatic hydroxyl groups is 1. The Hall–Kier alpha value is -1.53. The lowest BCUT2D eigenvalue weighted by Gasteiger charge is -2.23. The minimum Gasteiger partial charge on any atom is -0.387 e. The first-order chi connectivity index (χ1) is 9.55. The van der Waals surface area contributed by atoms with Crippen LogP contribution in [0.3, 0.4) is 0 Å². The summed E-state index contributed by atoms with van der Waals surface area (Å²) in [7, 11) is 1.79. The topological polar surface area (TPSA) is 70.1 Å². The van der Waals surface area contributed by atoms with Crippen LogP contribution in [0.15, 0.2) is 24.3 Å². The van der Waals surface area contributed by atoms with E-state index in [2.05, 4.69) is 20.6 Å². The molecule has 2 rings (SSSR count). The fourth-order valence-corrected chi connectivity index (χ4v) is 2.68. The van der Waals surface area contributed by atoms with Crippen molar-refractivity contribution in [2.75, 3.05) is 36.2 Å². The van der Waals surface area contributed by atoms with Gasteiger partial charge < -0.3 is 15.7 Å². The van der Waals surface area contributed by atoms with Crippen LogP contribution in [0.2, 0.25) is 0 Å².